The largest absolute Gasteiger partial charge is 0.357 e. The van der Waals surface area contributed by atoms with Gasteiger partial charge in [-0.25, -0.2) is 8.42 Å². The summed E-state index contributed by atoms with van der Waals surface area (Å²) >= 11 is 0. The summed E-state index contributed by atoms with van der Waals surface area (Å²) in [6.45, 7) is 0. The highest BCUT2D eigenvalue weighted by molar-refractivity contribution is 7.91. The number of H-pyrrole nitrogens is 1. The Hall–Kier alpha value is -1.63. The predicted octanol–water partition coefficient (Wildman–Crippen LogP) is -0.708. The summed E-state index contributed by atoms with van der Waals surface area (Å²) in [4.78, 5) is 25.4. The smallest absolute Gasteiger partial charge is 0.268 e. The number of amides is 1. The van der Waals surface area contributed by atoms with Crippen LogP contribution in [0, 0.1) is 0 Å². The molecular weight excluding hydrogens is 244 g/mol. The van der Waals surface area contributed by atoms with Crippen LogP contribution in [-0.4, -0.2) is 36.9 Å². The Labute approximate surface area is 98.0 Å². The maximum atomic E-state index is 11.7. The molecule has 0 spiro atoms. The van der Waals surface area contributed by atoms with Gasteiger partial charge in [-0.15, -0.1) is 0 Å². The van der Waals surface area contributed by atoms with Gasteiger partial charge in [0.15, 0.2) is 15.3 Å². The van der Waals surface area contributed by atoms with E-state index in [0.29, 0.717) is 6.42 Å². The number of sulfone groups is 1. The summed E-state index contributed by atoms with van der Waals surface area (Å²) in [5.74, 6) is -0.385. The van der Waals surface area contributed by atoms with Crippen LogP contribution in [0.25, 0.3) is 0 Å². The van der Waals surface area contributed by atoms with Gasteiger partial charge in [0, 0.05) is 24.4 Å². The van der Waals surface area contributed by atoms with Gasteiger partial charge in [0.1, 0.15) is 5.69 Å². The Morgan fingerprint density at radius 3 is 2.82 bits per heavy atom. The minimum Gasteiger partial charge on any atom is -0.357 e. The van der Waals surface area contributed by atoms with E-state index >= 15 is 0 Å². The summed E-state index contributed by atoms with van der Waals surface area (Å²) in [6.07, 6.45) is 1.80. The molecule has 2 rings (SSSR count). The second-order valence-electron chi connectivity index (χ2n) is 4.01. The molecule has 1 aliphatic rings. The molecule has 1 aliphatic heterocycles. The molecule has 0 bridgehead atoms. The van der Waals surface area contributed by atoms with Crippen molar-refractivity contribution in [2.75, 3.05) is 11.5 Å². The Bertz CT molecular complexity index is 590. The maximum absolute atomic E-state index is 11.7. The van der Waals surface area contributed by atoms with E-state index in [2.05, 4.69) is 10.3 Å². The van der Waals surface area contributed by atoms with E-state index in [1.807, 2.05) is 0 Å². The number of carbonyl (C=O) groups is 1. The number of aromatic nitrogens is 1. The van der Waals surface area contributed by atoms with Gasteiger partial charge in [-0.2, -0.15) is 0 Å². The molecule has 1 saturated heterocycles. The quantitative estimate of drug-likeness (QED) is 0.730. The standard InChI is InChI=1S/C10H12N2O4S/c13-8-1-3-11-9(5-8)10(14)12-7-2-4-17(15,16)6-7/h1,3,5,7H,2,4,6H2,(H,11,13)(H,12,14). The fraction of sp³-hybridized carbons (Fsp3) is 0.400. The van der Waals surface area contributed by atoms with Crippen LogP contribution in [0.4, 0.5) is 0 Å². The molecule has 17 heavy (non-hydrogen) atoms. The molecule has 92 valence electrons. The first-order chi connectivity index (χ1) is 7.96. The van der Waals surface area contributed by atoms with E-state index in [1.165, 1.54) is 18.3 Å². The molecule has 1 aromatic rings. The first-order valence-corrected chi connectivity index (χ1v) is 6.98. The van der Waals surface area contributed by atoms with Gasteiger partial charge >= 0.3 is 0 Å². The SMILES string of the molecule is O=C(NC1CCS(=O)(=O)C1)c1cc(=O)cc[nH]1. The lowest BCUT2D eigenvalue weighted by molar-refractivity contribution is 0.0936. The monoisotopic (exact) mass is 256 g/mol. The van der Waals surface area contributed by atoms with Gasteiger partial charge in [0.25, 0.3) is 5.91 Å². The highest BCUT2D eigenvalue weighted by atomic mass is 32.2. The molecule has 0 aromatic carbocycles. The van der Waals surface area contributed by atoms with Crippen LogP contribution >= 0.6 is 0 Å². The van der Waals surface area contributed by atoms with Gasteiger partial charge in [0.2, 0.25) is 0 Å². The van der Waals surface area contributed by atoms with Crippen molar-refractivity contribution < 1.29 is 13.2 Å². The zero-order valence-electron chi connectivity index (χ0n) is 8.97. The molecule has 0 radical (unpaired) electrons. The normalized spacial score (nSPS) is 22.2. The van der Waals surface area contributed by atoms with Crippen molar-refractivity contribution in [2.45, 2.75) is 12.5 Å². The van der Waals surface area contributed by atoms with Gasteiger partial charge in [-0.1, -0.05) is 0 Å². The molecule has 7 heteroatoms. The predicted molar refractivity (Wildman–Crippen MR) is 61.6 cm³/mol. The number of hydrogen-bond donors (Lipinski definition) is 2. The van der Waals surface area contributed by atoms with Gasteiger partial charge in [-0.3, -0.25) is 9.59 Å². The fourth-order valence-electron chi connectivity index (χ4n) is 1.75. The lowest BCUT2D eigenvalue weighted by atomic mass is 10.2. The lowest BCUT2D eigenvalue weighted by Crippen LogP contribution is -2.36. The second-order valence-corrected chi connectivity index (χ2v) is 6.24. The summed E-state index contributed by atoms with van der Waals surface area (Å²) in [5, 5.41) is 2.59. The summed E-state index contributed by atoms with van der Waals surface area (Å²) in [5.41, 5.74) is -0.130. The van der Waals surface area contributed by atoms with Crippen LogP contribution in [0.3, 0.4) is 0 Å². The molecular formula is C10H12N2O4S. The van der Waals surface area contributed by atoms with Crippen molar-refractivity contribution in [2.24, 2.45) is 0 Å². The van der Waals surface area contributed by atoms with E-state index in [9.17, 15) is 18.0 Å². The van der Waals surface area contributed by atoms with E-state index < -0.39 is 15.7 Å². The van der Waals surface area contributed by atoms with Gasteiger partial charge < -0.3 is 10.3 Å². The van der Waals surface area contributed by atoms with Crippen LogP contribution in [0.2, 0.25) is 0 Å². The van der Waals surface area contributed by atoms with Gasteiger partial charge in [0.05, 0.1) is 11.5 Å². The molecule has 1 aromatic heterocycles. The minimum atomic E-state index is -3.02. The Morgan fingerprint density at radius 1 is 1.47 bits per heavy atom. The zero-order valence-corrected chi connectivity index (χ0v) is 9.79. The number of aromatic amines is 1. The van der Waals surface area contributed by atoms with E-state index in [-0.39, 0.29) is 28.7 Å². The van der Waals surface area contributed by atoms with E-state index in [4.69, 9.17) is 0 Å². The first kappa shape index (κ1) is 11.8. The van der Waals surface area contributed by atoms with Crippen LogP contribution in [0.1, 0.15) is 16.9 Å². The van der Waals surface area contributed by atoms with Crippen LogP contribution < -0.4 is 10.7 Å². The van der Waals surface area contributed by atoms with Crippen molar-refractivity contribution in [3.8, 4) is 0 Å². The van der Waals surface area contributed by atoms with Crippen LogP contribution in [-0.2, 0) is 9.84 Å². The number of hydrogen-bond acceptors (Lipinski definition) is 4. The molecule has 2 heterocycles. The van der Waals surface area contributed by atoms with E-state index in [0.717, 1.165) is 0 Å². The minimum absolute atomic E-state index is 0.0319. The van der Waals surface area contributed by atoms with E-state index in [1.54, 1.807) is 0 Å². The Kier molecular flexibility index (Phi) is 3.01. The van der Waals surface area contributed by atoms with Crippen LogP contribution in [0.5, 0.6) is 0 Å². The first-order valence-electron chi connectivity index (χ1n) is 5.16. The Balaban J connectivity index is 2.06. The third kappa shape index (κ3) is 2.94. The average molecular weight is 256 g/mol. The molecule has 0 saturated carbocycles. The van der Waals surface area contributed by atoms with Gasteiger partial charge in [-0.05, 0) is 6.42 Å². The molecule has 1 unspecified atom stereocenters. The molecule has 0 aliphatic carbocycles. The highest BCUT2D eigenvalue weighted by Gasteiger charge is 2.29. The molecule has 1 amide bonds. The molecule has 1 atom stereocenters. The lowest BCUT2D eigenvalue weighted by Gasteiger charge is -2.10. The zero-order chi connectivity index (χ0) is 12.5. The number of nitrogens with one attached hydrogen (secondary N) is 2. The summed E-state index contributed by atoms with van der Waals surface area (Å²) in [6, 6.07) is 2.12. The van der Waals surface area contributed by atoms with Crippen molar-refractivity contribution in [1.82, 2.24) is 10.3 Å². The molecule has 1 fully saturated rings. The fourth-order valence-corrected chi connectivity index (χ4v) is 3.42. The number of rotatable bonds is 2. The third-order valence-corrected chi connectivity index (χ3v) is 4.35. The molecule has 6 nitrogen and oxygen atoms in total. The number of carbonyl (C=O) groups excluding carboxylic acids is 1. The second kappa shape index (κ2) is 4.33. The topological polar surface area (TPSA) is 96.1 Å². The average Bonchev–Trinajstić information content (AvgIpc) is 2.58. The summed E-state index contributed by atoms with van der Waals surface area (Å²) in [7, 11) is -3.02. The van der Waals surface area contributed by atoms with Crippen molar-refractivity contribution in [3.05, 3.63) is 34.2 Å². The maximum Gasteiger partial charge on any atom is 0.268 e. The highest BCUT2D eigenvalue weighted by Crippen LogP contribution is 2.11. The third-order valence-electron chi connectivity index (χ3n) is 2.59. The summed E-state index contributed by atoms with van der Waals surface area (Å²) < 4.78 is 22.4. The van der Waals surface area contributed by atoms with Crippen molar-refractivity contribution >= 4 is 15.7 Å². The van der Waals surface area contributed by atoms with Crippen molar-refractivity contribution in [1.29, 1.82) is 0 Å². The van der Waals surface area contributed by atoms with Crippen LogP contribution in [0.15, 0.2) is 23.1 Å². The molecule has 2 N–H and O–H groups in total. The number of pyridine rings is 1. The van der Waals surface area contributed by atoms with Crippen molar-refractivity contribution in [3.63, 3.8) is 0 Å². The Morgan fingerprint density at radius 2 is 2.24 bits per heavy atom.